The highest BCUT2D eigenvalue weighted by Gasteiger charge is 2.69. The number of carboxylic acids is 2. The topological polar surface area (TPSA) is 153 Å². The van der Waals surface area contributed by atoms with Crippen molar-refractivity contribution in [3.63, 3.8) is 0 Å². The third-order valence-electron chi connectivity index (χ3n) is 4.48. The number of carbonyl (C=O) groups excluding carboxylic acids is 3. The van der Waals surface area contributed by atoms with E-state index in [1.165, 1.54) is 4.90 Å². The molecule has 1 saturated heterocycles. The number of carbonyl (C=O) groups is 5. The fourth-order valence-electron chi connectivity index (χ4n) is 3.24. The summed E-state index contributed by atoms with van der Waals surface area (Å²) in [6.45, 7) is 4.67. The predicted octanol–water partition coefficient (Wildman–Crippen LogP) is -0.495. The summed E-state index contributed by atoms with van der Waals surface area (Å²) in [4.78, 5) is 62.0. The van der Waals surface area contributed by atoms with Gasteiger partial charge >= 0.3 is 11.9 Å². The number of nitrogens with one attached hydrogen (secondary N) is 2. The van der Waals surface area contributed by atoms with Crippen molar-refractivity contribution in [3.05, 3.63) is 11.0 Å². The highest BCUT2D eigenvalue weighted by Crippen LogP contribution is 2.43. The van der Waals surface area contributed by atoms with Crippen molar-refractivity contribution in [2.75, 3.05) is 6.54 Å². The Kier molecular flexibility index (Phi) is 5.55. The number of carboxylic acid groups (broad SMARTS) is 2. The van der Waals surface area contributed by atoms with E-state index in [2.05, 4.69) is 10.6 Å². The van der Waals surface area contributed by atoms with E-state index in [1.54, 1.807) is 19.3 Å². The fourth-order valence-corrected chi connectivity index (χ4v) is 4.46. The molecule has 3 amide bonds. The second-order valence-electron chi connectivity index (χ2n) is 6.59. The van der Waals surface area contributed by atoms with Crippen LogP contribution < -0.4 is 10.6 Å². The van der Waals surface area contributed by atoms with Gasteiger partial charge in [-0.2, -0.15) is 0 Å². The molecule has 4 N–H and O–H groups in total. The SMILES string of the molecule is CCCC(NC(C)=O)(C(=O)O)C(=O)NC1(C(=O)O)C(=O)N2CC(C)=CS[C@H]21. The van der Waals surface area contributed by atoms with Gasteiger partial charge in [0.2, 0.25) is 17.0 Å². The molecular weight excluding hydrogens is 378 g/mol. The minimum atomic E-state index is -2.37. The Hall–Kier alpha value is -2.56. The van der Waals surface area contributed by atoms with E-state index < -0.39 is 46.1 Å². The maximum atomic E-state index is 12.9. The minimum absolute atomic E-state index is 0.222. The first-order valence-corrected chi connectivity index (χ1v) is 9.17. The van der Waals surface area contributed by atoms with E-state index in [1.807, 2.05) is 0 Å². The van der Waals surface area contributed by atoms with Gasteiger partial charge in [-0.1, -0.05) is 13.3 Å². The number of rotatable bonds is 7. The first-order valence-electron chi connectivity index (χ1n) is 8.23. The van der Waals surface area contributed by atoms with Gasteiger partial charge in [0.05, 0.1) is 0 Å². The highest BCUT2D eigenvalue weighted by atomic mass is 32.2. The van der Waals surface area contributed by atoms with E-state index >= 15 is 0 Å². The van der Waals surface area contributed by atoms with Gasteiger partial charge in [-0.3, -0.25) is 14.4 Å². The molecule has 2 aliphatic heterocycles. The Morgan fingerprint density at radius 1 is 1.37 bits per heavy atom. The number of fused-ring (bicyclic) bond motifs is 1. The van der Waals surface area contributed by atoms with Gasteiger partial charge in [-0.05, 0) is 24.3 Å². The zero-order chi connectivity index (χ0) is 20.6. The van der Waals surface area contributed by atoms with Crippen molar-refractivity contribution in [1.29, 1.82) is 0 Å². The van der Waals surface area contributed by atoms with Gasteiger partial charge in [-0.25, -0.2) is 9.59 Å². The molecule has 2 unspecified atom stereocenters. The third kappa shape index (κ3) is 3.15. The van der Waals surface area contributed by atoms with Crippen LogP contribution in [0.25, 0.3) is 0 Å². The number of nitrogens with zero attached hydrogens (tertiary/aromatic N) is 1. The summed E-state index contributed by atoms with van der Waals surface area (Å²) in [6, 6.07) is 0. The molecule has 27 heavy (non-hydrogen) atoms. The van der Waals surface area contributed by atoms with Crippen LogP contribution >= 0.6 is 11.8 Å². The summed E-state index contributed by atoms with van der Waals surface area (Å²) < 4.78 is 0. The van der Waals surface area contributed by atoms with Crippen molar-refractivity contribution in [3.8, 4) is 0 Å². The molecule has 0 aromatic heterocycles. The van der Waals surface area contributed by atoms with Crippen LogP contribution in [0.5, 0.6) is 0 Å². The molecule has 148 valence electrons. The molecule has 0 radical (unpaired) electrons. The molecular formula is C16H21N3O7S. The summed E-state index contributed by atoms with van der Waals surface area (Å²) >= 11 is 1.06. The van der Waals surface area contributed by atoms with Crippen LogP contribution in [-0.4, -0.2) is 67.8 Å². The molecule has 0 spiro atoms. The number of hydrogen-bond acceptors (Lipinski definition) is 6. The average Bonchev–Trinajstić information content (AvgIpc) is 2.57. The Balaban J connectivity index is 2.42. The largest absolute Gasteiger partial charge is 0.479 e. The zero-order valence-corrected chi connectivity index (χ0v) is 15.9. The predicted molar refractivity (Wildman–Crippen MR) is 94.5 cm³/mol. The molecule has 10 nitrogen and oxygen atoms in total. The molecule has 0 aromatic carbocycles. The van der Waals surface area contributed by atoms with Gasteiger partial charge in [-0.15, -0.1) is 11.8 Å². The van der Waals surface area contributed by atoms with Gasteiger partial charge in [0.15, 0.2) is 0 Å². The second kappa shape index (κ2) is 7.22. The lowest BCUT2D eigenvalue weighted by Gasteiger charge is -2.54. The summed E-state index contributed by atoms with van der Waals surface area (Å²) in [7, 11) is 0. The van der Waals surface area contributed by atoms with Crippen LogP contribution in [0.4, 0.5) is 0 Å². The quantitative estimate of drug-likeness (QED) is 0.330. The highest BCUT2D eigenvalue weighted by molar-refractivity contribution is 8.03. The third-order valence-corrected chi connectivity index (χ3v) is 5.89. The van der Waals surface area contributed by atoms with E-state index in [0.717, 1.165) is 24.3 Å². The lowest BCUT2D eigenvalue weighted by molar-refractivity contribution is -0.174. The van der Waals surface area contributed by atoms with E-state index in [0.29, 0.717) is 0 Å². The van der Waals surface area contributed by atoms with Gasteiger partial charge in [0, 0.05) is 13.5 Å². The Labute approximate surface area is 159 Å². The Bertz CT molecular complexity index is 752. The van der Waals surface area contributed by atoms with Crippen LogP contribution in [0.2, 0.25) is 0 Å². The van der Waals surface area contributed by atoms with Crippen molar-refractivity contribution in [1.82, 2.24) is 15.5 Å². The lowest BCUT2D eigenvalue weighted by Crippen LogP contribution is -2.84. The molecule has 0 aromatic rings. The minimum Gasteiger partial charge on any atom is -0.479 e. The number of β-lactam (4-membered cyclic amide) rings is 1. The maximum Gasteiger partial charge on any atom is 0.342 e. The standard InChI is InChI=1S/C16H21N3O7S/c1-4-5-15(13(23)24,17-9(3)20)10(21)18-16(14(25)26)11(22)19-6-8(2)7-27-12(16)19/h7,12H,4-6H2,1-3H3,(H,17,20)(H,18,21)(H,23,24)(H,25,26)/t12-,15?,16?/m0/s1. The van der Waals surface area contributed by atoms with Crippen LogP contribution in [0, 0.1) is 0 Å². The summed E-state index contributed by atoms with van der Waals surface area (Å²) in [5.74, 6) is -6.05. The molecule has 3 atom stereocenters. The van der Waals surface area contributed by atoms with Crippen LogP contribution in [0.15, 0.2) is 11.0 Å². The molecule has 0 aliphatic carbocycles. The van der Waals surface area contributed by atoms with Crippen LogP contribution in [-0.2, 0) is 24.0 Å². The maximum absolute atomic E-state index is 12.9. The number of aliphatic carboxylic acids is 2. The normalized spacial score (nSPS) is 26.0. The Morgan fingerprint density at radius 2 is 2.00 bits per heavy atom. The second-order valence-corrected chi connectivity index (χ2v) is 7.55. The van der Waals surface area contributed by atoms with Gasteiger partial charge in [0.25, 0.3) is 11.8 Å². The van der Waals surface area contributed by atoms with Crippen molar-refractivity contribution >= 4 is 41.4 Å². The number of thioether (sulfide) groups is 1. The monoisotopic (exact) mass is 399 g/mol. The van der Waals surface area contributed by atoms with Crippen LogP contribution in [0.3, 0.4) is 0 Å². The molecule has 2 heterocycles. The molecule has 11 heteroatoms. The first-order chi connectivity index (χ1) is 12.5. The lowest BCUT2D eigenvalue weighted by atomic mass is 9.84. The van der Waals surface area contributed by atoms with Gasteiger partial charge < -0.3 is 25.7 Å². The summed E-state index contributed by atoms with van der Waals surface area (Å²) in [5.41, 5.74) is -3.79. The zero-order valence-electron chi connectivity index (χ0n) is 15.1. The van der Waals surface area contributed by atoms with E-state index in [-0.39, 0.29) is 19.4 Å². The molecule has 2 aliphatic rings. The van der Waals surface area contributed by atoms with Gasteiger partial charge in [0.1, 0.15) is 5.37 Å². The van der Waals surface area contributed by atoms with Crippen molar-refractivity contribution in [2.45, 2.75) is 50.1 Å². The average molecular weight is 399 g/mol. The van der Waals surface area contributed by atoms with E-state index in [9.17, 15) is 34.2 Å². The number of amides is 3. The Morgan fingerprint density at radius 3 is 2.48 bits per heavy atom. The van der Waals surface area contributed by atoms with E-state index in [4.69, 9.17) is 0 Å². The number of hydrogen-bond donors (Lipinski definition) is 4. The summed E-state index contributed by atoms with van der Waals surface area (Å²) in [5, 5.41) is 24.3. The van der Waals surface area contributed by atoms with Crippen LogP contribution in [0.1, 0.15) is 33.6 Å². The molecule has 0 bridgehead atoms. The molecule has 0 saturated carbocycles. The molecule has 1 fully saturated rings. The summed E-state index contributed by atoms with van der Waals surface area (Å²) in [6.07, 6.45) is -0.0432. The first kappa shape index (κ1) is 20.7. The van der Waals surface area contributed by atoms with Crippen molar-refractivity contribution < 1.29 is 34.2 Å². The fraction of sp³-hybridized carbons (Fsp3) is 0.562. The smallest absolute Gasteiger partial charge is 0.342 e. The molecule has 2 rings (SSSR count). The van der Waals surface area contributed by atoms with Crippen molar-refractivity contribution in [2.24, 2.45) is 0 Å².